The number of rotatable bonds is 11. The molecule has 0 saturated carbocycles. The minimum absolute atomic E-state index is 0.203. The molecule has 246 valence electrons. The van der Waals surface area contributed by atoms with Crippen LogP contribution in [0.15, 0.2) is 131 Å². The van der Waals surface area contributed by atoms with E-state index in [9.17, 15) is 19.5 Å². The Hall–Kier alpha value is -5.49. The maximum Gasteiger partial charge on any atom is 0.338 e. The first kappa shape index (κ1) is 32.5. The van der Waals surface area contributed by atoms with Crippen molar-refractivity contribution in [1.29, 1.82) is 0 Å². The lowest BCUT2D eigenvalue weighted by Gasteiger charge is -2.37. The fraction of sp³-hybridized carbons (Fsp3) is 0.216. The smallest absolute Gasteiger partial charge is 0.338 e. The second-order valence-corrected chi connectivity index (χ2v) is 11.1. The largest absolute Gasteiger partial charge is 0.497 e. The molecule has 1 saturated heterocycles. The van der Waals surface area contributed by atoms with Crippen molar-refractivity contribution >= 4 is 5.97 Å². The van der Waals surface area contributed by atoms with Gasteiger partial charge in [0.25, 0.3) is 5.56 Å². The van der Waals surface area contributed by atoms with E-state index < -0.39 is 47.4 Å². The van der Waals surface area contributed by atoms with Crippen LogP contribution in [0.3, 0.4) is 0 Å². The molecule has 2 heterocycles. The molecule has 1 aliphatic rings. The van der Waals surface area contributed by atoms with Crippen molar-refractivity contribution < 1.29 is 33.6 Å². The molecule has 5 aromatic rings. The van der Waals surface area contributed by atoms with Crippen LogP contribution in [0.4, 0.5) is 0 Å². The van der Waals surface area contributed by atoms with Crippen molar-refractivity contribution in [2.75, 3.05) is 20.8 Å². The van der Waals surface area contributed by atoms with Crippen LogP contribution in [0.5, 0.6) is 11.5 Å². The van der Waals surface area contributed by atoms with E-state index in [1.807, 2.05) is 78.9 Å². The zero-order chi connectivity index (χ0) is 33.7. The molecule has 0 bridgehead atoms. The van der Waals surface area contributed by atoms with Crippen molar-refractivity contribution in [3.8, 4) is 11.5 Å². The molecule has 0 aliphatic carbocycles. The minimum Gasteiger partial charge on any atom is -0.497 e. The average Bonchev–Trinajstić information content (AvgIpc) is 3.43. The van der Waals surface area contributed by atoms with Crippen LogP contribution < -0.4 is 20.7 Å². The number of aromatic nitrogens is 2. The summed E-state index contributed by atoms with van der Waals surface area (Å²) in [4.78, 5) is 40.0. The van der Waals surface area contributed by atoms with Crippen molar-refractivity contribution in [3.05, 3.63) is 165 Å². The number of nitrogens with zero attached hydrogens (tertiary/aromatic N) is 1. The van der Waals surface area contributed by atoms with E-state index >= 15 is 0 Å². The second-order valence-electron chi connectivity index (χ2n) is 11.1. The quantitative estimate of drug-likeness (QED) is 0.160. The van der Waals surface area contributed by atoms with Crippen molar-refractivity contribution in [2.24, 2.45) is 0 Å². The zero-order valence-electron chi connectivity index (χ0n) is 26.2. The third kappa shape index (κ3) is 6.39. The van der Waals surface area contributed by atoms with Gasteiger partial charge in [-0.25, -0.2) is 9.59 Å². The highest BCUT2D eigenvalue weighted by Gasteiger charge is 2.49. The molecule has 1 fully saturated rings. The van der Waals surface area contributed by atoms with Gasteiger partial charge in [-0.15, -0.1) is 0 Å². The highest BCUT2D eigenvalue weighted by atomic mass is 16.6. The monoisotopic (exact) mass is 650 g/mol. The number of esters is 1. The highest BCUT2D eigenvalue weighted by Crippen LogP contribution is 2.43. The standard InChI is InChI=1S/C37H34N2O9/c1-44-28-17-13-26(14-18-28)37(25-11-7-4-8-12-25,27-15-19-29(45-2)20-16-27)46-23-30-33(48-35(42)24-9-5-3-6-10-24)32(41)34(47-30)39-22-21-31(40)38-36(39)43/h3-22,30,32-34,41H,23H2,1-2H3,(H,38,40,43). The molecule has 11 nitrogen and oxygen atoms in total. The summed E-state index contributed by atoms with van der Waals surface area (Å²) in [6, 6.07) is 34.0. The van der Waals surface area contributed by atoms with Crippen LogP contribution in [0.2, 0.25) is 0 Å². The van der Waals surface area contributed by atoms with Crippen molar-refractivity contribution in [1.82, 2.24) is 9.55 Å². The van der Waals surface area contributed by atoms with Gasteiger partial charge in [0.15, 0.2) is 12.3 Å². The van der Waals surface area contributed by atoms with Gasteiger partial charge in [0.2, 0.25) is 0 Å². The fourth-order valence-corrected chi connectivity index (χ4v) is 5.90. The van der Waals surface area contributed by atoms with Crippen LogP contribution in [0.1, 0.15) is 33.3 Å². The summed E-state index contributed by atoms with van der Waals surface area (Å²) in [6.45, 7) is -0.203. The number of aliphatic hydroxyl groups is 1. The first-order valence-corrected chi connectivity index (χ1v) is 15.2. The second kappa shape index (κ2) is 14.1. The van der Waals surface area contributed by atoms with Gasteiger partial charge >= 0.3 is 11.7 Å². The Bertz CT molecular complexity index is 1890. The van der Waals surface area contributed by atoms with Gasteiger partial charge in [-0.1, -0.05) is 72.8 Å². The lowest BCUT2D eigenvalue weighted by atomic mass is 9.80. The van der Waals surface area contributed by atoms with Gasteiger partial charge in [0, 0.05) is 12.3 Å². The first-order chi connectivity index (χ1) is 23.3. The Labute approximate surface area is 275 Å². The van der Waals surface area contributed by atoms with Crippen LogP contribution in [-0.2, 0) is 19.8 Å². The summed E-state index contributed by atoms with van der Waals surface area (Å²) in [6.07, 6.45) is -3.90. The van der Waals surface area contributed by atoms with E-state index in [1.165, 1.54) is 6.20 Å². The molecule has 0 spiro atoms. The molecule has 4 aromatic carbocycles. The van der Waals surface area contributed by atoms with Crippen LogP contribution in [0.25, 0.3) is 0 Å². The molecule has 6 rings (SSSR count). The van der Waals surface area contributed by atoms with Gasteiger partial charge in [0.1, 0.15) is 29.3 Å². The number of nitrogens with one attached hydrogen (secondary N) is 1. The summed E-state index contributed by atoms with van der Waals surface area (Å²) < 4.78 is 31.0. The van der Waals surface area contributed by atoms with Gasteiger partial charge in [-0.2, -0.15) is 0 Å². The van der Waals surface area contributed by atoms with E-state index in [1.54, 1.807) is 44.6 Å². The summed E-state index contributed by atoms with van der Waals surface area (Å²) in [5.74, 6) is 0.613. The van der Waals surface area contributed by atoms with E-state index in [0.29, 0.717) is 11.5 Å². The van der Waals surface area contributed by atoms with E-state index in [2.05, 4.69) is 4.98 Å². The summed E-state index contributed by atoms with van der Waals surface area (Å²) in [7, 11) is 3.17. The zero-order valence-corrected chi connectivity index (χ0v) is 26.2. The van der Waals surface area contributed by atoms with Crippen LogP contribution >= 0.6 is 0 Å². The number of aromatic amines is 1. The topological polar surface area (TPSA) is 138 Å². The molecular weight excluding hydrogens is 616 g/mol. The molecule has 48 heavy (non-hydrogen) atoms. The Morgan fingerprint density at radius 2 is 1.33 bits per heavy atom. The molecule has 1 aliphatic heterocycles. The normalized spacial score (nSPS) is 19.1. The number of H-pyrrole nitrogens is 1. The molecule has 2 N–H and O–H groups in total. The Kier molecular flexibility index (Phi) is 9.53. The third-order valence-corrected chi connectivity index (χ3v) is 8.32. The number of hydrogen-bond acceptors (Lipinski definition) is 9. The third-order valence-electron chi connectivity index (χ3n) is 8.32. The fourth-order valence-electron chi connectivity index (χ4n) is 5.90. The number of carbonyl (C=O) groups is 1. The lowest BCUT2D eigenvalue weighted by molar-refractivity contribution is -0.0975. The number of benzene rings is 4. The summed E-state index contributed by atoms with van der Waals surface area (Å²) in [5, 5.41) is 11.5. The molecule has 4 unspecified atom stereocenters. The Morgan fingerprint density at radius 1 is 0.792 bits per heavy atom. The lowest BCUT2D eigenvalue weighted by Crippen LogP contribution is -2.42. The minimum atomic E-state index is -1.50. The van der Waals surface area contributed by atoms with E-state index in [0.717, 1.165) is 27.3 Å². The SMILES string of the molecule is COc1ccc(C(OCC2OC(n3ccc(=O)[nH]c3=O)C(O)C2OC(=O)c2ccccc2)(c2ccccc2)c2ccc(OC)cc2)cc1. The average molecular weight is 651 g/mol. The van der Waals surface area contributed by atoms with Gasteiger partial charge in [0.05, 0.1) is 26.4 Å². The maximum atomic E-state index is 13.3. The maximum absolute atomic E-state index is 13.3. The Morgan fingerprint density at radius 3 is 1.88 bits per heavy atom. The van der Waals surface area contributed by atoms with E-state index in [-0.39, 0.29) is 12.2 Å². The van der Waals surface area contributed by atoms with Gasteiger partial charge in [-0.3, -0.25) is 14.3 Å². The predicted molar refractivity (Wildman–Crippen MR) is 175 cm³/mol. The molecule has 4 atom stereocenters. The van der Waals surface area contributed by atoms with Gasteiger partial charge < -0.3 is 28.8 Å². The highest BCUT2D eigenvalue weighted by molar-refractivity contribution is 5.89. The first-order valence-electron chi connectivity index (χ1n) is 15.2. The molecule has 11 heteroatoms. The number of methoxy groups -OCH3 is 2. The van der Waals surface area contributed by atoms with Crippen LogP contribution in [-0.4, -0.2) is 59.8 Å². The van der Waals surface area contributed by atoms with Crippen LogP contribution in [0, 0.1) is 0 Å². The van der Waals surface area contributed by atoms with Crippen molar-refractivity contribution in [3.63, 3.8) is 0 Å². The van der Waals surface area contributed by atoms with E-state index in [4.69, 9.17) is 23.7 Å². The summed E-state index contributed by atoms with van der Waals surface area (Å²) >= 11 is 0. The van der Waals surface area contributed by atoms with Crippen molar-refractivity contribution in [2.45, 2.75) is 30.1 Å². The number of ether oxygens (including phenoxy) is 5. The number of hydrogen-bond donors (Lipinski definition) is 2. The molecule has 1 aromatic heterocycles. The van der Waals surface area contributed by atoms with Gasteiger partial charge in [-0.05, 0) is 53.1 Å². The summed E-state index contributed by atoms with van der Waals surface area (Å²) in [5.41, 5.74) is -0.0866. The number of carbonyl (C=O) groups excluding carboxylic acids is 1. The Balaban J connectivity index is 1.43. The molecule has 0 radical (unpaired) electrons. The molecule has 0 amide bonds. The molecular formula is C37H34N2O9. The number of aliphatic hydroxyl groups excluding tert-OH is 1. The predicted octanol–water partition coefficient (Wildman–Crippen LogP) is 4.05.